The summed E-state index contributed by atoms with van der Waals surface area (Å²) in [5, 5.41) is 11.9. The fraction of sp³-hybridized carbons (Fsp3) is 0.429. The summed E-state index contributed by atoms with van der Waals surface area (Å²) in [4.78, 5) is 14.5. The average molecular weight is 480 g/mol. The molecular formula is C28H28F3N3O. The first-order valence-corrected chi connectivity index (χ1v) is 12.1. The molecular weight excluding hydrogens is 451 g/mol. The molecule has 0 radical (unpaired) electrons. The number of fused-ring (bicyclic) bond motifs is 2. The molecule has 2 aliphatic carbocycles. The maximum Gasteiger partial charge on any atom is 0.405 e. The van der Waals surface area contributed by atoms with Gasteiger partial charge in [-0.25, -0.2) is 0 Å². The predicted octanol–water partition coefficient (Wildman–Crippen LogP) is 5.21. The number of halogens is 3. The molecule has 1 spiro atoms. The fourth-order valence-corrected chi connectivity index (χ4v) is 6.17. The quantitative estimate of drug-likeness (QED) is 0.655. The van der Waals surface area contributed by atoms with E-state index in [0.29, 0.717) is 12.0 Å². The second kappa shape index (κ2) is 8.53. The van der Waals surface area contributed by atoms with E-state index >= 15 is 0 Å². The number of piperidine rings is 1. The third-order valence-corrected chi connectivity index (χ3v) is 8.27. The van der Waals surface area contributed by atoms with Gasteiger partial charge in [-0.2, -0.15) is 18.4 Å². The highest BCUT2D eigenvalue weighted by atomic mass is 19.4. The summed E-state index contributed by atoms with van der Waals surface area (Å²) >= 11 is 0. The number of hydrogen-bond donors (Lipinski definition) is 1. The first kappa shape index (κ1) is 23.6. The highest BCUT2D eigenvalue weighted by Gasteiger charge is 2.51. The topological polar surface area (TPSA) is 56.1 Å². The number of carbonyl (C=O) groups is 1. The van der Waals surface area contributed by atoms with Crippen LogP contribution in [0.3, 0.4) is 0 Å². The Morgan fingerprint density at radius 1 is 1.17 bits per heavy atom. The van der Waals surface area contributed by atoms with E-state index in [1.54, 1.807) is 12.1 Å². The monoisotopic (exact) mass is 479 g/mol. The molecule has 2 aromatic carbocycles. The Bertz CT molecular complexity index is 1190. The van der Waals surface area contributed by atoms with Gasteiger partial charge in [-0.1, -0.05) is 55.5 Å². The van der Waals surface area contributed by atoms with Gasteiger partial charge in [0.1, 0.15) is 6.54 Å². The summed E-state index contributed by atoms with van der Waals surface area (Å²) in [5.41, 5.74) is 3.18. The zero-order chi connectivity index (χ0) is 24.8. The molecule has 2 fully saturated rings. The molecule has 1 aliphatic heterocycles. The highest BCUT2D eigenvalue weighted by Crippen LogP contribution is 2.51. The van der Waals surface area contributed by atoms with Crippen molar-refractivity contribution in [2.75, 3.05) is 19.6 Å². The van der Waals surface area contributed by atoms with Crippen molar-refractivity contribution in [3.05, 3.63) is 76.9 Å². The summed E-state index contributed by atoms with van der Waals surface area (Å²) in [7, 11) is 0. The van der Waals surface area contributed by atoms with Crippen molar-refractivity contribution < 1.29 is 18.0 Å². The normalized spacial score (nSPS) is 29.9. The van der Waals surface area contributed by atoms with Gasteiger partial charge in [0.25, 0.3) is 5.91 Å². The van der Waals surface area contributed by atoms with Crippen LogP contribution < -0.4 is 5.32 Å². The van der Waals surface area contributed by atoms with Crippen LogP contribution in [-0.4, -0.2) is 42.7 Å². The number of allylic oxidation sites excluding steroid dienone is 1. The van der Waals surface area contributed by atoms with Gasteiger partial charge in [0.15, 0.2) is 0 Å². The van der Waals surface area contributed by atoms with Crippen molar-refractivity contribution in [3.8, 4) is 6.07 Å². The Labute approximate surface area is 203 Å². The average Bonchev–Trinajstić information content (AvgIpc) is 3.19. The van der Waals surface area contributed by atoms with Gasteiger partial charge in [0, 0.05) is 23.6 Å². The number of nitrogens with one attached hydrogen (secondary N) is 1. The Balaban J connectivity index is 1.22. The smallest absolute Gasteiger partial charge is 0.343 e. The number of benzene rings is 2. The summed E-state index contributed by atoms with van der Waals surface area (Å²) in [6.07, 6.45) is 2.67. The summed E-state index contributed by atoms with van der Waals surface area (Å²) in [6, 6.07) is 17.8. The van der Waals surface area contributed by atoms with Gasteiger partial charge < -0.3 is 5.32 Å². The molecule has 1 unspecified atom stereocenters. The van der Waals surface area contributed by atoms with Crippen LogP contribution in [0.2, 0.25) is 0 Å². The van der Waals surface area contributed by atoms with E-state index in [0.717, 1.165) is 37.9 Å². The Hall–Kier alpha value is -3.11. The number of nitrogens with zero attached hydrogens (tertiary/aromatic N) is 2. The molecule has 7 heteroatoms. The number of alkyl halides is 3. The first-order valence-electron chi connectivity index (χ1n) is 12.1. The van der Waals surface area contributed by atoms with Gasteiger partial charge in [0.05, 0.1) is 11.5 Å². The molecule has 1 amide bonds. The Morgan fingerprint density at radius 3 is 2.54 bits per heavy atom. The molecule has 1 saturated heterocycles. The summed E-state index contributed by atoms with van der Waals surface area (Å²) < 4.78 is 37.1. The minimum absolute atomic E-state index is 0.0890. The molecule has 0 aromatic heterocycles. The summed E-state index contributed by atoms with van der Waals surface area (Å²) in [5.74, 6) is -0.312. The van der Waals surface area contributed by atoms with E-state index in [9.17, 15) is 23.2 Å². The zero-order valence-electron chi connectivity index (χ0n) is 19.6. The van der Waals surface area contributed by atoms with Crippen molar-refractivity contribution in [3.63, 3.8) is 0 Å². The van der Waals surface area contributed by atoms with E-state index in [-0.39, 0.29) is 11.0 Å². The molecule has 1 N–H and O–H groups in total. The van der Waals surface area contributed by atoms with Crippen molar-refractivity contribution in [2.45, 2.75) is 49.2 Å². The third-order valence-electron chi connectivity index (χ3n) is 8.27. The first-order chi connectivity index (χ1) is 16.7. The molecule has 1 heterocycles. The van der Waals surface area contributed by atoms with E-state index in [4.69, 9.17) is 0 Å². The molecule has 4 nitrogen and oxygen atoms in total. The van der Waals surface area contributed by atoms with Crippen molar-refractivity contribution in [2.24, 2.45) is 5.92 Å². The molecule has 5 rings (SSSR count). The second-order valence-corrected chi connectivity index (χ2v) is 10.2. The highest BCUT2D eigenvalue weighted by molar-refractivity contribution is 5.94. The molecule has 2 atom stereocenters. The van der Waals surface area contributed by atoms with Gasteiger partial charge >= 0.3 is 6.18 Å². The predicted molar refractivity (Wildman–Crippen MR) is 128 cm³/mol. The number of hydrogen-bond acceptors (Lipinski definition) is 3. The standard InChI is InChI=1S/C28H28F3N3O/c1-19-16-34(13-12-27(19)11-10-20-4-2-3-5-24(20)27)23-14-26(15-23,17-32)22-8-6-21(7-9-22)25(35)33-18-28(29,30)31/h2-11,19,23H,12-16,18H2,1H3,(H,33,35)/t19-,23?,26?,27?/m0/s1. The van der Waals surface area contributed by atoms with E-state index in [1.807, 2.05) is 5.32 Å². The lowest BCUT2D eigenvalue weighted by molar-refractivity contribution is -0.123. The van der Waals surface area contributed by atoms with Crippen LogP contribution in [0, 0.1) is 17.2 Å². The maximum absolute atomic E-state index is 12.4. The van der Waals surface area contributed by atoms with Gasteiger partial charge in [-0.3, -0.25) is 9.69 Å². The van der Waals surface area contributed by atoms with Crippen LogP contribution in [0.5, 0.6) is 0 Å². The van der Waals surface area contributed by atoms with Crippen LogP contribution in [-0.2, 0) is 10.8 Å². The third kappa shape index (κ3) is 4.14. The Kier molecular flexibility index (Phi) is 5.76. The van der Waals surface area contributed by atoms with Gasteiger partial charge in [0.2, 0.25) is 0 Å². The molecule has 0 bridgehead atoms. The number of carbonyl (C=O) groups excluding carboxylic acids is 1. The molecule has 3 aliphatic rings. The van der Waals surface area contributed by atoms with E-state index in [2.05, 4.69) is 54.3 Å². The molecule has 35 heavy (non-hydrogen) atoms. The molecule has 2 aromatic rings. The van der Waals surface area contributed by atoms with Crippen LogP contribution >= 0.6 is 0 Å². The number of likely N-dealkylation sites (tertiary alicyclic amines) is 1. The molecule has 182 valence electrons. The van der Waals surface area contributed by atoms with E-state index < -0.39 is 24.0 Å². The number of amides is 1. The lowest BCUT2D eigenvalue weighted by atomic mass is 9.60. The van der Waals surface area contributed by atoms with Gasteiger partial charge in [-0.05, 0) is 60.5 Å². The van der Waals surface area contributed by atoms with Crippen LogP contribution in [0.25, 0.3) is 6.08 Å². The minimum atomic E-state index is -4.45. The minimum Gasteiger partial charge on any atom is -0.343 e. The lowest BCUT2D eigenvalue weighted by Crippen LogP contribution is -2.58. The van der Waals surface area contributed by atoms with Crippen LogP contribution in [0.1, 0.15) is 53.2 Å². The van der Waals surface area contributed by atoms with Crippen molar-refractivity contribution in [1.29, 1.82) is 5.26 Å². The second-order valence-electron chi connectivity index (χ2n) is 10.2. The van der Waals surface area contributed by atoms with Crippen LogP contribution in [0.15, 0.2) is 54.6 Å². The molecule has 1 saturated carbocycles. The van der Waals surface area contributed by atoms with Gasteiger partial charge in [-0.15, -0.1) is 0 Å². The SMILES string of the molecule is C[C@H]1CN(C2CC(C#N)(c3ccc(C(=O)NCC(F)(F)F)cc3)C2)CCC12C=Cc1ccccc12. The maximum atomic E-state index is 12.4. The number of nitriles is 1. The Morgan fingerprint density at radius 2 is 1.89 bits per heavy atom. The van der Waals surface area contributed by atoms with E-state index in [1.165, 1.54) is 23.3 Å². The van der Waals surface area contributed by atoms with Crippen molar-refractivity contribution in [1.82, 2.24) is 10.2 Å². The fourth-order valence-electron chi connectivity index (χ4n) is 6.17. The zero-order valence-corrected chi connectivity index (χ0v) is 19.6. The lowest BCUT2D eigenvalue weighted by Gasteiger charge is -2.53. The largest absolute Gasteiger partial charge is 0.405 e. The van der Waals surface area contributed by atoms with Crippen molar-refractivity contribution >= 4 is 12.0 Å². The summed E-state index contributed by atoms with van der Waals surface area (Å²) in [6.45, 7) is 2.91. The number of rotatable bonds is 4. The van der Waals surface area contributed by atoms with Crippen LogP contribution in [0.4, 0.5) is 13.2 Å².